The largest absolute Gasteiger partial charge is 0.384 e. The first-order valence-electron chi connectivity index (χ1n) is 7.12. The third-order valence-corrected chi connectivity index (χ3v) is 3.82. The molecule has 0 aliphatic rings. The zero-order valence-corrected chi connectivity index (χ0v) is 12.6. The molecule has 106 valence electrons. The van der Waals surface area contributed by atoms with Crippen LogP contribution in [0.15, 0.2) is 11.4 Å². The molecule has 0 unspecified atom stereocenters. The molecule has 0 radical (unpaired) electrons. The molecule has 0 aliphatic carbocycles. The average Bonchev–Trinajstić information content (AvgIpc) is 2.87. The van der Waals surface area contributed by atoms with Crippen molar-refractivity contribution in [3.8, 4) is 11.8 Å². The second-order valence-corrected chi connectivity index (χ2v) is 5.54. The highest BCUT2D eigenvalue weighted by Crippen LogP contribution is 2.17. The number of aliphatic hydroxyl groups is 1. The topological polar surface area (TPSA) is 29.5 Å². The molecule has 1 aromatic heterocycles. The average molecular weight is 280 g/mol. The first-order chi connectivity index (χ1) is 9.38. The fraction of sp³-hybridized carbons (Fsp3) is 0.625. The molecule has 0 bridgehead atoms. The Kier molecular flexibility index (Phi) is 9.44. The highest BCUT2D eigenvalue weighted by atomic mass is 32.1. The molecule has 0 saturated carbocycles. The minimum absolute atomic E-state index is 0.0894. The molecule has 0 aromatic carbocycles. The Labute approximate surface area is 120 Å². The van der Waals surface area contributed by atoms with Crippen LogP contribution in [0, 0.1) is 11.8 Å². The summed E-state index contributed by atoms with van der Waals surface area (Å²) in [6, 6.07) is 1.98. The molecule has 19 heavy (non-hydrogen) atoms. The molecule has 3 heteroatoms. The van der Waals surface area contributed by atoms with Crippen LogP contribution < -0.4 is 0 Å². The van der Waals surface area contributed by atoms with Crippen molar-refractivity contribution in [1.29, 1.82) is 0 Å². The van der Waals surface area contributed by atoms with Crippen molar-refractivity contribution in [3.63, 3.8) is 0 Å². The smallest absolute Gasteiger partial charge is 0.104 e. The number of aliphatic hydroxyl groups excluding tert-OH is 1. The number of thiophene rings is 1. The van der Waals surface area contributed by atoms with Gasteiger partial charge in [-0.05, 0) is 17.9 Å². The second-order valence-electron chi connectivity index (χ2n) is 4.54. The molecule has 0 saturated heterocycles. The van der Waals surface area contributed by atoms with Crippen LogP contribution >= 0.6 is 11.3 Å². The van der Waals surface area contributed by atoms with Gasteiger partial charge in [-0.3, -0.25) is 0 Å². The maximum atomic E-state index is 8.69. The minimum atomic E-state index is -0.0894. The van der Waals surface area contributed by atoms with Crippen LogP contribution in [0.1, 0.15) is 55.9 Å². The van der Waals surface area contributed by atoms with E-state index in [1.54, 1.807) is 11.3 Å². The summed E-state index contributed by atoms with van der Waals surface area (Å²) in [6.07, 6.45) is 7.73. The van der Waals surface area contributed by atoms with Crippen LogP contribution in [-0.2, 0) is 11.3 Å². The molecule has 1 N–H and O–H groups in total. The van der Waals surface area contributed by atoms with Crippen molar-refractivity contribution >= 4 is 11.3 Å². The summed E-state index contributed by atoms with van der Waals surface area (Å²) in [7, 11) is 0. The van der Waals surface area contributed by atoms with Gasteiger partial charge in [0.2, 0.25) is 0 Å². The Balaban J connectivity index is 2.11. The zero-order chi connectivity index (χ0) is 13.8. The number of hydrogen-bond donors (Lipinski definition) is 1. The van der Waals surface area contributed by atoms with E-state index in [1.165, 1.54) is 32.1 Å². The van der Waals surface area contributed by atoms with Crippen LogP contribution in [0.4, 0.5) is 0 Å². The highest BCUT2D eigenvalue weighted by molar-refractivity contribution is 7.10. The van der Waals surface area contributed by atoms with Gasteiger partial charge in [0.15, 0.2) is 0 Å². The van der Waals surface area contributed by atoms with Crippen LogP contribution in [0.25, 0.3) is 0 Å². The van der Waals surface area contributed by atoms with Gasteiger partial charge < -0.3 is 9.84 Å². The predicted octanol–water partition coefficient (Wildman–Crippen LogP) is 3.97. The predicted molar refractivity (Wildman–Crippen MR) is 81.3 cm³/mol. The zero-order valence-electron chi connectivity index (χ0n) is 11.8. The first kappa shape index (κ1) is 16.2. The van der Waals surface area contributed by atoms with Crippen molar-refractivity contribution in [2.45, 2.75) is 52.1 Å². The molecular formula is C16H24O2S. The Morgan fingerprint density at radius 3 is 2.79 bits per heavy atom. The summed E-state index contributed by atoms with van der Waals surface area (Å²) in [6.45, 7) is 3.62. The number of ether oxygens (including phenoxy) is 1. The van der Waals surface area contributed by atoms with Gasteiger partial charge in [0.1, 0.15) is 6.61 Å². The maximum absolute atomic E-state index is 8.69. The monoisotopic (exact) mass is 280 g/mol. The van der Waals surface area contributed by atoms with Crippen molar-refractivity contribution < 1.29 is 9.84 Å². The highest BCUT2D eigenvalue weighted by Gasteiger charge is 2.01. The van der Waals surface area contributed by atoms with Gasteiger partial charge in [0, 0.05) is 17.0 Å². The maximum Gasteiger partial charge on any atom is 0.104 e. The van der Waals surface area contributed by atoms with Gasteiger partial charge in [0.25, 0.3) is 0 Å². The van der Waals surface area contributed by atoms with Crippen molar-refractivity contribution in [3.05, 3.63) is 21.9 Å². The van der Waals surface area contributed by atoms with E-state index in [1.807, 2.05) is 11.4 Å². The van der Waals surface area contributed by atoms with Gasteiger partial charge >= 0.3 is 0 Å². The van der Waals surface area contributed by atoms with Gasteiger partial charge in [-0.25, -0.2) is 0 Å². The molecule has 1 heterocycles. The molecule has 1 rings (SSSR count). The normalized spacial score (nSPS) is 10.2. The molecule has 1 aromatic rings. The molecular weight excluding hydrogens is 256 g/mol. The minimum Gasteiger partial charge on any atom is -0.384 e. The Bertz CT molecular complexity index is 387. The fourth-order valence-electron chi connectivity index (χ4n) is 1.85. The van der Waals surface area contributed by atoms with Crippen LogP contribution in [-0.4, -0.2) is 18.3 Å². The van der Waals surface area contributed by atoms with E-state index in [0.29, 0.717) is 6.61 Å². The van der Waals surface area contributed by atoms with Gasteiger partial charge in [-0.1, -0.05) is 50.9 Å². The van der Waals surface area contributed by atoms with E-state index >= 15 is 0 Å². The third-order valence-electron chi connectivity index (χ3n) is 2.92. The quantitative estimate of drug-likeness (QED) is 0.548. The summed E-state index contributed by atoms with van der Waals surface area (Å²) in [5, 5.41) is 10.7. The Hall–Kier alpha value is -0.820. The lowest BCUT2D eigenvalue weighted by Crippen LogP contribution is -1.95. The molecule has 0 fully saturated rings. The van der Waals surface area contributed by atoms with Gasteiger partial charge in [-0.15, -0.1) is 11.3 Å². The molecule has 0 atom stereocenters. The summed E-state index contributed by atoms with van der Waals surface area (Å²) in [5.41, 5.74) is 0.988. The van der Waals surface area contributed by atoms with Crippen molar-refractivity contribution in [2.75, 3.05) is 13.2 Å². The summed E-state index contributed by atoms with van der Waals surface area (Å²) in [4.78, 5) is 1.16. The Morgan fingerprint density at radius 1 is 1.21 bits per heavy atom. The lowest BCUT2D eigenvalue weighted by Gasteiger charge is -2.03. The SMILES string of the molecule is CCCCCCCCOCc1sccc1C#CCO. The number of rotatable bonds is 9. The van der Waals surface area contributed by atoms with E-state index < -0.39 is 0 Å². The van der Waals surface area contributed by atoms with E-state index in [4.69, 9.17) is 9.84 Å². The third kappa shape index (κ3) is 7.37. The summed E-state index contributed by atoms with van der Waals surface area (Å²) < 4.78 is 5.69. The van der Waals surface area contributed by atoms with Crippen LogP contribution in [0.5, 0.6) is 0 Å². The molecule has 2 nitrogen and oxygen atoms in total. The molecule has 0 spiro atoms. The lowest BCUT2D eigenvalue weighted by molar-refractivity contribution is 0.118. The molecule has 0 aliphatic heterocycles. The summed E-state index contributed by atoms with van der Waals surface area (Å²) >= 11 is 1.67. The number of hydrogen-bond acceptors (Lipinski definition) is 3. The second kappa shape index (κ2) is 11.0. The van der Waals surface area contributed by atoms with E-state index in [-0.39, 0.29) is 6.61 Å². The molecule has 0 amide bonds. The summed E-state index contributed by atoms with van der Waals surface area (Å²) in [5.74, 6) is 5.63. The van der Waals surface area contributed by atoms with E-state index in [0.717, 1.165) is 23.5 Å². The lowest BCUT2D eigenvalue weighted by atomic mass is 10.1. The van der Waals surface area contributed by atoms with Crippen molar-refractivity contribution in [1.82, 2.24) is 0 Å². The van der Waals surface area contributed by atoms with Crippen LogP contribution in [0.3, 0.4) is 0 Å². The van der Waals surface area contributed by atoms with Gasteiger partial charge in [0.05, 0.1) is 6.61 Å². The van der Waals surface area contributed by atoms with Gasteiger partial charge in [-0.2, -0.15) is 0 Å². The van der Waals surface area contributed by atoms with Crippen molar-refractivity contribution in [2.24, 2.45) is 0 Å². The number of unbranched alkanes of at least 4 members (excludes halogenated alkanes) is 5. The standard InChI is InChI=1S/C16H24O2S/c1-2-3-4-5-6-7-12-18-14-16-15(9-8-11-17)10-13-19-16/h10,13,17H,2-7,11-12,14H2,1H3. The fourth-order valence-corrected chi connectivity index (χ4v) is 2.61. The van der Waals surface area contributed by atoms with Crippen LogP contribution in [0.2, 0.25) is 0 Å². The Morgan fingerprint density at radius 2 is 2.00 bits per heavy atom. The van der Waals surface area contributed by atoms with E-state index in [2.05, 4.69) is 18.8 Å². The van der Waals surface area contributed by atoms with E-state index in [9.17, 15) is 0 Å². The first-order valence-corrected chi connectivity index (χ1v) is 8.00.